The Kier molecular flexibility index (Phi) is 15.2. The van der Waals surface area contributed by atoms with Gasteiger partial charge in [0.1, 0.15) is 13.1 Å². The molecular formula is C21H38ClNO2. The summed E-state index contributed by atoms with van der Waals surface area (Å²) in [7, 11) is 0. The molecule has 4 heteroatoms. The second-order valence-corrected chi connectivity index (χ2v) is 7.50. The van der Waals surface area contributed by atoms with Crippen LogP contribution in [0.1, 0.15) is 70.8 Å². The molecule has 146 valence electrons. The van der Waals surface area contributed by atoms with Crippen molar-refractivity contribution in [1.82, 2.24) is 0 Å². The molecule has 0 spiro atoms. The number of rotatable bonds is 14. The first kappa shape index (κ1) is 24.4. The van der Waals surface area contributed by atoms with Gasteiger partial charge in [0.2, 0.25) is 6.29 Å². The summed E-state index contributed by atoms with van der Waals surface area (Å²) < 4.78 is 0. The van der Waals surface area contributed by atoms with Crippen LogP contribution in [-0.2, 0) is 6.54 Å². The zero-order valence-electron chi connectivity index (χ0n) is 16.1. The average molecular weight is 372 g/mol. The van der Waals surface area contributed by atoms with Gasteiger partial charge in [-0.2, -0.15) is 0 Å². The summed E-state index contributed by atoms with van der Waals surface area (Å²) in [5.74, 6) is 0.838. The molecule has 0 aromatic heterocycles. The molecule has 0 aliphatic rings. The number of hydrogen-bond donors (Lipinski definition) is 3. The van der Waals surface area contributed by atoms with E-state index in [-0.39, 0.29) is 12.4 Å². The summed E-state index contributed by atoms with van der Waals surface area (Å²) in [6.07, 6.45) is 9.33. The fourth-order valence-electron chi connectivity index (χ4n) is 3.22. The second-order valence-electron chi connectivity index (χ2n) is 7.50. The zero-order valence-corrected chi connectivity index (χ0v) is 16.8. The van der Waals surface area contributed by atoms with Crippen LogP contribution in [0.25, 0.3) is 0 Å². The Morgan fingerprint density at radius 2 is 1.40 bits per heavy atom. The topological polar surface area (TPSA) is 44.9 Å². The smallest absolute Gasteiger partial charge is 0.202 e. The normalized spacial score (nSPS) is 12.4. The predicted molar refractivity (Wildman–Crippen MR) is 101 cm³/mol. The maximum atomic E-state index is 9.30. The Bertz CT molecular complexity index is 398. The molecule has 1 unspecified atom stereocenters. The van der Waals surface area contributed by atoms with Gasteiger partial charge in [-0.3, -0.25) is 0 Å². The molecule has 0 fully saturated rings. The number of aliphatic hydroxyl groups excluding tert-OH is 1. The minimum Gasteiger partial charge on any atom is -1.00 e. The lowest BCUT2D eigenvalue weighted by Gasteiger charge is -2.20. The third-order valence-electron chi connectivity index (χ3n) is 4.58. The van der Waals surface area contributed by atoms with E-state index in [0.29, 0.717) is 6.54 Å². The molecular weight excluding hydrogens is 334 g/mol. The van der Waals surface area contributed by atoms with Crippen LogP contribution in [-0.4, -0.2) is 29.6 Å². The SMILES string of the molecule is CC(C)CCCCCCCCC[NH+](Cc1ccccc1)CC(O)O.[Cl-]. The van der Waals surface area contributed by atoms with Crippen LogP contribution in [0.15, 0.2) is 30.3 Å². The molecule has 0 saturated heterocycles. The lowest BCUT2D eigenvalue weighted by molar-refractivity contribution is -0.919. The van der Waals surface area contributed by atoms with Crippen LogP contribution >= 0.6 is 0 Å². The molecule has 0 aliphatic heterocycles. The summed E-state index contributed by atoms with van der Waals surface area (Å²) >= 11 is 0. The molecule has 1 aromatic rings. The van der Waals surface area contributed by atoms with Crippen molar-refractivity contribution in [3.63, 3.8) is 0 Å². The highest BCUT2D eigenvalue weighted by Gasteiger charge is 2.13. The van der Waals surface area contributed by atoms with Gasteiger partial charge < -0.3 is 27.5 Å². The van der Waals surface area contributed by atoms with Gasteiger partial charge in [0.15, 0.2) is 0 Å². The van der Waals surface area contributed by atoms with Gasteiger partial charge in [0.25, 0.3) is 0 Å². The van der Waals surface area contributed by atoms with Gasteiger partial charge in [-0.1, -0.05) is 82.7 Å². The highest BCUT2D eigenvalue weighted by Crippen LogP contribution is 2.11. The van der Waals surface area contributed by atoms with Crippen molar-refractivity contribution in [3.05, 3.63) is 35.9 Å². The van der Waals surface area contributed by atoms with Crippen molar-refractivity contribution >= 4 is 0 Å². The lowest BCUT2D eigenvalue weighted by Crippen LogP contribution is -3.11. The average Bonchev–Trinajstić information content (AvgIpc) is 2.53. The van der Waals surface area contributed by atoms with Gasteiger partial charge in [-0.25, -0.2) is 0 Å². The van der Waals surface area contributed by atoms with E-state index in [1.807, 2.05) is 18.2 Å². The first-order valence-corrected chi connectivity index (χ1v) is 9.81. The number of halogens is 1. The molecule has 3 N–H and O–H groups in total. The molecule has 1 rings (SSSR count). The quantitative estimate of drug-likeness (QED) is 0.322. The molecule has 0 radical (unpaired) electrons. The van der Waals surface area contributed by atoms with Gasteiger partial charge in [-0.15, -0.1) is 0 Å². The minimum atomic E-state index is -1.22. The van der Waals surface area contributed by atoms with Crippen molar-refractivity contribution in [2.24, 2.45) is 5.92 Å². The van der Waals surface area contributed by atoms with Crippen LogP contribution in [0.5, 0.6) is 0 Å². The van der Waals surface area contributed by atoms with E-state index in [1.165, 1.54) is 61.8 Å². The standard InChI is InChI=1S/C21H37NO2.ClH/c1-19(2)13-9-6-4-3-5-7-12-16-22(18-21(23)24)17-20-14-10-8-11-15-20;/h8,10-11,14-15,19,21,23-24H,3-7,9,12-13,16-18H2,1-2H3;1H. The van der Waals surface area contributed by atoms with Crippen molar-refractivity contribution in [3.8, 4) is 0 Å². The Hall–Kier alpha value is -0.610. The molecule has 0 saturated carbocycles. The Labute approximate surface area is 160 Å². The highest BCUT2D eigenvalue weighted by atomic mass is 35.5. The largest absolute Gasteiger partial charge is 1.00 e. The molecule has 1 atom stereocenters. The maximum Gasteiger partial charge on any atom is 0.202 e. The molecule has 0 aliphatic carbocycles. The van der Waals surface area contributed by atoms with Gasteiger partial charge >= 0.3 is 0 Å². The maximum absolute atomic E-state index is 9.30. The highest BCUT2D eigenvalue weighted by molar-refractivity contribution is 5.13. The van der Waals surface area contributed by atoms with Crippen LogP contribution < -0.4 is 17.3 Å². The molecule has 0 heterocycles. The number of quaternary nitrogens is 1. The zero-order chi connectivity index (χ0) is 17.6. The van der Waals surface area contributed by atoms with Crippen LogP contribution in [0.3, 0.4) is 0 Å². The molecule has 3 nitrogen and oxygen atoms in total. The number of benzene rings is 1. The van der Waals surface area contributed by atoms with Gasteiger partial charge in [0.05, 0.1) is 6.54 Å². The molecule has 25 heavy (non-hydrogen) atoms. The second kappa shape index (κ2) is 15.6. The number of aliphatic hydroxyl groups is 2. The number of unbranched alkanes of at least 4 members (excludes halogenated alkanes) is 6. The van der Waals surface area contributed by atoms with Crippen molar-refractivity contribution in [1.29, 1.82) is 0 Å². The minimum absolute atomic E-state index is 0. The van der Waals surface area contributed by atoms with E-state index in [2.05, 4.69) is 26.0 Å². The Balaban J connectivity index is 0.00000576. The Morgan fingerprint density at radius 3 is 1.96 bits per heavy atom. The predicted octanol–water partition coefficient (Wildman–Crippen LogP) is 0.163. The lowest BCUT2D eigenvalue weighted by atomic mass is 10.0. The fraction of sp³-hybridized carbons (Fsp3) is 0.714. The van der Waals surface area contributed by atoms with E-state index >= 15 is 0 Å². The summed E-state index contributed by atoms with van der Waals surface area (Å²) in [6.45, 7) is 6.89. The fourth-order valence-corrected chi connectivity index (χ4v) is 3.22. The molecule has 1 aromatic carbocycles. The molecule has 0 amide bonds. The number of nitrogens with one attached hydrogen (secondary N) is 1. The molecule has 0 bridgehead atoms. The first-order chi connectivity index (χ1) is 11.6. The van der Waals surface area contributed by atoms with Crippen LogP contribution in [0.2, 0.25) is 0 Å². The number of hydrogen-bond acceptors (Lipinski definition) is 2. The van der Waals surface area contributed by atoms with Crippen LogP contribution in [0.4, 0.5) is 0 Å². The van der Waals surface area contributed by atoms with Crippen molar-refractivity contribution in [2.75, 3.05) is 13.1 Å². The van der Waals surface area contributed by atoms with Gasteiger partial charge in [0, 0.05) is 5.56 Å². The first-order valence-electron chi connectivity index (χ1n) is 9.81. The van der Waals surface area contributed by atoms with Gasteiger partial charge in [-0.05, 0) is 18.8 Å². The summed E-state index contributed by atoms with van der Waals surface area (Å²) in [5, 5.41) is 18.6. The van der Waals surface area contributed by atoms with E-state index in [0.717, 1.165) is 19.0 Å². The van der Waals surface area contributed by atoms with E-state index in [4.69, 9.17) is 0 Å². The third-order valence-corrected chi connectivity index (χ3v) is 4.58. The summed E-state index contributed by atoms with van der Waals surface area (Å²) in [4.78, 5) is 1.26. The van der Waals surface area contributed by atoms with Crippen molar-refractivity contribution in [2.45, 2.75) is 78.0 Å². The van der Waals surface area contributed by atoms with E-state index in [9.17, 15) is 10.2 Å². The van der Waals surface area contributed by atoms with E-state index < -0.39 is 6.29 Å². The summed E-state index contributed by atoms with van der Waals surface area (Å²) in [6, 6.07) is 10.3. The van der Waals surface area contributed by atoms with Crippen LogP contribution in [0, 0.1) is 5.92 Å². The monoisotopic (exact) mass is 371 g/mol. The van der Waals surface area contributed by atoms with Crippen molar-refractivity contribution < 1.29 is 27.5 Å². The summed E-state index contributed by atoms with van der Waals surface area (Å²) in [5.41, 5.74) is 1.26. The van der Waals surface area contributed by atoms with E-state index in [1.54, 1.807) is 0 Å². The Morgan fingerprint density at radius 1 is 0.840 bits per heavy atom. The third kappa shape index (κ3) is 14.3.